The molecule has 0 atom stereocenters. The lowest BCUT2D eigenvalue weighted by atomic mass is 10.1. The van der Waals surface area contributed by atoms with Crippen molar-refractivity contribution in [3.8, 4) is 0 Å². The first-order valence-electron chi connectivity index (χ1n) is 7.94. The van der Waals surface area contributed by atoms with Gasteiger partial charge in [-0.05, 0) is 29.8 Å². The molecule has 144 valence electrons. The first-order valence-corrected chi connectivity index (χ1v) is 7.94. The molecular formula is C18H18F4N4O. The zero-order chi connectivity index (χ0) is 19.9. The highest BCUT2D eigenvalue weighted by atomic mass is 19.4. The molecule has 5 nitrogen and oxygen atoms in total. The monoisotopic (exact) mass is 382 g/mol. The molecule has 0 aliphatic heterocycles. The molecule has 0 fully saturated rings. The highest BCUT2D eigenvalue weighted by Gasteiger charge is 2.33. The Balaban J connectivity index is 1.92. The van der Waals surface area contributed by atoms with Crippen molar-refractivity contribution < 1.29 is 22.4 Å². The van der Waals surface area contributed by atoms with Gasteiger partial charge >= 0.3 is 6.18 Å². The van der Waals surface area contributed by atoms with Gasteiger partial charge in [0.05, 0.1) is 12.1 Å². The number of rotatable bonds is 5. The minimum absolute atomic E-state index is 0.135. The molecule has 0 saturated carbocycles. The third kappa shape index (κ3) is 6.28. The molecule has 2 aromatic carbocycles. The summed E-state index contributed by atoms with van der Waals surface area (Å²) in [7, 11) is 1.42. The number of carbonyl (C=O) groups is 1. The number of benzene rings is 2. The van der Waals surface area contributed by atoms with Gasteiger partial charge in [0.2, 0.25) is 5.91 Å². The van der Waals surface area contributed by atoms with E-state index in [2.05, 4.69) is 20.9 Å². The van der Waals surface area contributed by atoms with E-state index < -0.39 is 17.6 Å². The van der Waals surface area contributed by atoms with Gasteiger partial charge in [0.1, 0.15) is 5.82 Å². The lowest BCUT2D eigenvalue weighted by molar-refractivity contribution is -0.138. The van der Waals surface area contributed by atoms with E-state index in [0.717, 1.165) is 12.1 Å². The predicted octanol–water partition coefficient (Wildman–Crippen LogP) is 3.15. The lowest BCUT2D eigenvalue weighted by Crippen LogP contribution is -2.41. The smallest absolute Gasteiger partial charge is 0.352 e. The number of guanidine groups is 1. The van der Waals surface area contributed by atoms with E-state index in [-0.39, 0.29) is 30.5 Å². The van der Waals surface area contributed by atoms with Crippen LogP contribution in [0.3, 0.4) is 0 Å². The van der Waals surface area contributed by atoms with Crippen LogP contribution in [0.5, 0.6) is 0 Å². The van der Waals surface area contributed by atoms with Crippen LogP contribution in [0.1, 0.15) is 11.1 Å². The summed E-state index contributed by atoms with van der Waals surface area (Å²) in [4.78, 5) is 15.7. The van der Waals surface area contributed by atoms with Crippen LogP contribution in [0.15, 0.2) is 53.5 Å². The average Bonchev–Trinajstić information content (AvgIpc) is 2.62. The molecule has 9 heteroatoms. The molecule has 0 spiro atoms. The van der Waals surface area contributed by atoms with Gasteiger partial charge in [-0.15, -0.1) is 0 Å². The van der Waals surface area contributed by atoms with Crippen molar-refractivity contribution in [1.29, 1.82) is 0 Å². The third-order valence-electron chi connectivity index (χ3n) is 3.52. The van der Waals surface area contributed by atoms with Gasteiger partial charge < -0.3 is 16.0 Å². The first kappa shape index (κ1) is 20.2. The lowest BCUT2D eigenvalue weighted by Gasteiger charge is -2.16. The number of hydrogen-bond donors (Lipinski definition) is 3. The average molecular weight is 382 g/mol. The molecule has 0 unspecified atom stereocenters. The van der Waals surface area contributed by atoms with Gasteiger partial charge in [-0.1, -0.05) is 24.3 Å². The minimum Gasteiger partial charge on any atom is -0.352 e. The normalized spacial score (nSPS) is 11.8. The highest BCUT2D eigenvalue weighted by molar-refractivity contribution is 5.94. The predicted molar refractivity (Wildman–Crippen MR) is 94.7 cm³/mol. The summed E-state index contributed by atoms with van der Waals surface area (Å²) in [6.45, 7) is -0.376. The van der Waals surface area contributed by atoms with Crippen molar-refractivity contribution in [2.75, 3.05) is 18.9 Å². The molecule has 0 saturated heterocycles. The second kappa shape index (κ2) is 9.02. The van der Waals surface area contributed by atoms with Gasteiger partial charge in [-0.2, -0.15) is 13.2 Å². The van der Waals surface area contributed by atoms with Gasteiger partial charge in [0, 0.05) is 19.3 Å². The summed E-state index contributed by atoms with van der Waals surface area (Å²) in [6.07, 6.45) is -4.67. The molecule has 0 aliphatic rings. The number of nitrogens with zero attached hydrogens (tertiary/aromatic N) is 1. The van der Waals surface area contributed by atoms with Crippen molar-refractivity contribution in [2.24, 2.45) is 4.99 Å². The third-order valence-corrected chi connectivity index (χ3v) is 3.52. The van der Waals surface area contributed by atoms with Crippen LogP contribution in [0.2, 0.25) is 0 Å². The van der Waals surface area contributed by atoms with Crippen LogP contribution < -0.4 is 16.0 Å². The van der Waals surface area contributed by atoms with Gasteiger partial charge in [-0.3, -0.25) is 9.79 Å². The fourth-order valence-electron chi connectivity index (χ4n) is 2.26. The maximum Gasteiger partial charge on any atom is 0.416 e. The largest absolute Gasteiger partial charge is 0.416 e. The summed E-state index contributed by atoms with van der Waals surface area (Å²) in [5.74, 6) is -1.18. The number of para-hydroxylation sites is 1. The van der Waals surface area contributed by atoms with E-state index in [9.17, 15) is 22.4 Å². The van der Waals surface area contributed by atoms with Crippen LogP contribution in [0, 0.1) is 5.82 Å². The van der Waals surface area contributed by atoms with Crippen LogP contribution in [0.4, 0.5) is 23.2 Å². The molecule has 0 radical (unpaired) electrons. The summed E-state index contributed by atoms with van der Waals surface area (Å²) in [6, 6.07) is 11.2. The molecule has 0 aromatic heterocycles. The molecule has 2 aromatic rings. The molecule has 0 aliphatic carbocycles. The van der Waals surface area contributed by atoms with Crippen molar-refractivity contribution in [3.05, 3.63) is 65.5 Å². The Kier molecular flexibility index (Phi) is 6.75. The molecule has 27 heavy (non-hydrogen) atoms. The number of anilines is 1. The number of hydrogen-bond acceptors (Lipinski definition) is 2. The van der Waals surface area contributed by atoms with E-state index >= 15 is 0 Å². The standard InChI is InChI=1S/C18H18F4N4O/c1-23-17(25-11-16(27)26-14-5-3-2-4-6-14)24-10-12-7-8-13(19)9-15(12)18(20,21)22/h2-9H,10-11H2,1H3,(H,26,27)(H2,23,24,25). The summed E-state index contributed by atoms with van der Waals surface area (Å²) in [5.41, 5.74) is -0.582. The number of carbonyl (C=O) groups excluding carboxylic acids is 1. The van der Waals surface area contributed by atoms with Crippen molar-refractivity contribution >= 4 is 17.6 Å². The van der Waals surface area contributed by atoms with Crippen molar-refractivity contribution in [2.45, 2.75) is 12.7 Å². The van der Waals surface area contributed by atoms with E-state index in [1.54, 1.807) is 24.3 Å². The second-order valence-corrected chi connectivity index (χ2v) is 5.49. The molecular weight excluding hydrogens is 364 g/mol. The Hall–Kier alpha value is -3.10. The number of nitrogens with one attached hydrogen (secondary N) is 3. The van der Waals surface area contributed by atoms with Crippen LogP contribution in [-0.2, 0) is 17.5 Å². The number of alkyl halides is 3. The SMILES string of the molecule is CN=C(NCC(=O)Nc1ccccc1)NCc1ccc(F)cc1C(F)(F)F. The molecule has 0 bridgehead atoms. The number of halogens is 4. The topological polar surface area (TPSA) is 65.5 Å². The molecule has 0 heterocycles. The Morgan fingerprint density at radius 3 is 2.41 bits per heavy atom. The second-order valence-electron chi connectivity index (χ2n) is 5.49. The summed E-state index contributed by atoms with van der Waals surface area (Å²) < 4.78 is 52.1. The quantitative estimate of drug-likeness (QED) is 0.423. The minimum atomic E-state index is -4.67. The first-order chi connectivity index (χ1) is 12.8. The maximum atomic E-state index is 13.1. The Labute approximate surface area is 153 Å². The number of amides is 1. The summed E-state index contributed by atoms with van der Waals surface area (Å²) >= 11 is 0. The van der Waals surface area contributed by atoms with Gasteiger partial charge in [0.15, 0.2) is 5.96 Å². The van der Waals surface area contributed by atoms with Crippen molar-refractivity contribution in [3.63, 3.8) is 0 Å². The summed E-state index contributed by atoms with van der Waals surface area (Å²) in [5, 5.41) is 8.03. The van der Waals surface area contributed by atoms with Crippen LogP contribution in [0.25, 0.3) is 0 Å². The fourth-order valence-corrected chi connectivity index (χ4v) is 2.26. The molecule has 2 rings (SSSR count). The number of aliphatic imine (C=N–C) groups is 1. The van der Waals surface area contributed by atoms with Gasteiger partial charge in [0.25, 0.3) is 0 Å². The van der Waals surface area contributed by atoms with E-state index in [0.29, 0.717) is 11.8 Å². The van der Waals surface area contributed by atoms with E-state index in [1.807, 2.05) is 6.07 Å². The zero-order valence-electron chi connectivity index (χ0n) is 14.4. The van der Waals surface area contributed by atoms with Crippen molar-refractivity contribution in [1.82, 2.24) is 10.6 Å². The van der Waals surface area contributed by atoms with Crippen LogP contribution >= 0.6 is 0 Å². The van der Waals surface area contributed by atoms with E-state index in [4.69, 9.17) is 0 Å². The Bertz CT molecular complexity index is 807. The molecule has 3 N–H and O–H groups in total. The Morgan fingerprint density at radius 1 is 1.07 bits per heavy atom. The highest BCUT2D eigenvalue weighted by Crippen LogP contribution is 2.32. The van der Waals surface area contributed by atoms with Gasteiger partial charge in [-0.25, -0.2) is 4.39 Å². The fraction of sp³-hybridized carbons (Fsp3) is 0.222. The van der Waals surface area contributed by atoms with Crippen LogP contribution in [-0.4, -0.2) is 25.5 Å². The zero-order valence-corrected chi connectivity index (χ0v) is 14.4. The molecule has 1 amide bonds. The van der Waals surface area contributed by atoms with E-state index in [1.165, 1.54) is 7.05 Å². The Morgan fingerprint density at radius 2 is 1.78 bits per heavy atom. The maximum absolute atomic E-state index is 13.1.